The normalized spacial score (nSPS) is 27.0. The van der Waals surface area contributed by atoms with Gasteiger partial charge in [-0.1, -0.05) is 57.2 Å². The number of benzene rings is 2. The molecule has 18 N–H and O–H groups in total. The van der Waals surface area contributed by atoms with Gasteiger partial charge in [0, 0.05) is 58.8 Å². The molecule has 0 bridgehead atoms. The number of carboxylic acid groups (broad SMARTS) is 1. The van der Waals surface area contributed by atoms with Crippen LogP contribution in [0.1, 0.15) is 77.8 Å². The van der Waals surface area contributed by atoms with Gasteiger partial charge in [-0.15, -0.1) is 0 Å². The summed E-state index contributed by atoms with van der Waals surface area (Å²) in [6.07, 6.45) is -5.75. The average Bonchev–Trinajstić information content (AvgIpc) is 2.13. The van der Waals surface area contributed by atoms with E-state index in [0.29, 0.717) is 32.9 Å². The third-order valence-corrected chi connectivity index (χ3v) is 16.2. The molecule has 10 amide bonds. The maximum absolute atomic E-state index is 15.3. The van der Waals surface area contributed by atoms with E-state index in [-0.39, 0.29) is 19.4 Å². The molecule has 3 fully saturated rings. The molecule has 492 valence electrons. The minimum Gasteiger partial charge on any atom is -0.480 e. The second-order valence-electron chi connectivity index (χ2n) is 23.1. The maximum Gasteiger partial charge on any atom is 0.331 e. The highest BCUT2D eigenvalue weighted by Gasteiger charge is 2.49. The molecule has 2 unspecified atom stereocenters. The van der Waals surface area contributed by atoms with Gasteiger partial charge in [0.1, 0.15) is 60.1 Å². The van der Waals surface area contributed by atoms with Gasteiger partial charge >= 0.3 is 11.9 Å². The van der Waals surface area contributed by atoms with Crippen LogP contribution in [0.25, 0.3) is 27.9 Å². The summed E-state index contributed by atoms with van der Waals surface area (Å²) in [5, 5.41) is 85.0. The summed E-state index contributed by atoms with van der Waals surface area (Å²) in [7, 11) is 0. The molecule has 2 aromatic carbocycles. The Kier molecular flexibility index (Phi) is 22.8. The first-order valence-electron chi connectivity index (χ1n) is 29.4. The summed E-state index contributed by atoms with van der Waals surface area (Å²) in [4.78, 5) is 176. The maximum atomic E-state index is 15.3. The van der Waals surface area contributed by atoms with Crippen molar-refractivity contribution < 1.29 is 92.9 Å². The fraction of sp³-hybridized carbons (Fsp3) is 0.492. The number of amides is 10. The van der Waals surface area contributed by atoms with Crippen molar-refractivity contribution in [1.82, 2.24) is 62.3 Å². The Balaban J connectivity index is 1.31. The monoisotopic (exact) mass is 1270 g/mol. The highest BCUT2D eigenvalue weighted by molar-refractivity contribution is 6.07. The predicted octanol–water partition coefficient (Wildman–Crippen LogP) is -4.98. The van der Waals surface area contributed by atoms with Crippen LogP contribution >= 0.6 is 0 Å². The van der Waals surface area contributed by atoms with Crippen molar-refractivity contribution in [2.75, 3.05) is 26.2 Å². The third kappa shape index (κ3) is 16.2. The van der Waals surface area contributed by atoms with Gasteiger partial charge in [0.2, 0.25) is 53.2 Å². The number of cyclic esters (lactones) is 1. The molecule has 4 aromatic rings. The lowest BCUT2D eigenvalue weighted by atomic mass is 9.91. The van der Waals surface area contributed by atoms with Crippen molar-refractivity contribution in [3.8, 4) is 0 Å². The van der Waals surface area contributed by atoms with Crippen LogP contribution in [0.4, 0.5) is 0 Å². The van der Waals surface area contributed by atoms with Crippen molar-refractivity contribution in [2.24, 2.45) is 11.7 Å². The number of nitrogens with one attached hydrogen (secondary N) is 10. The summed E-state index contributed by atoms with van der Waals surface area (Å²) in [5.41, 5.74) is 7.01. The molecule has 3 aliphatic heterocycles. The molecule has 5 heterocycles. The second kappa shape index (κ2) is 30.0. The van der Waals surface area contributed by atoms with E-state index >= 15 is 14.4 Å². The van der Waals surface area contributed by atoms with Crippen LogP contribution in [0, 0.1) is 5.92 Å². The number of rotatable bonds is 13. The molecule has 32 heteroatoms. The van der Waals surface area contributed by atoms with Crippen molar-refractivity contribution in [1.29, 1.82) is 0 Å². The number of fused-ring (bicyclic) bond motifs is 4. The van der Waals surface area contributed by atoms with Crippen LogP contribution in [0.2, 0.25) is 0 Å². The van der Waals surface area contributed by atoms with Crippen molar-refractivity contribution in [3.05, 3.63) is 77.7 Å². The van der Waals surface area contributed by atoms with Crippen LogP contribution in [0.15, 0.2) is 66.6 Å². The first kappa shape index (κ1) is 69.1. The molecule has 3 aliphatic rings. The number of aliphatic hydroxyl groups is 5. The summed E-state index contributed by atoms with van der Waals surface area (Å²) < 4.78 is 5.70. The summed E-state index contributed by atoms with van der Waals surface area (Å²) in [6.45, 7) is 5.13. The Bertz CT molecular complexity index is 3460. The molecule has 15 atom stereocenters. The molecule has 0 aliphatic carbocycles. The van der Waals surface area contributed by atoms with Gasteiger partial charge in [0.15, 0.2) is 6.04 Å². The molecule has 0 saturated carbocycles. The topological polar surface area (TPSA) is 496 Å². The zero-order valence-corrected chi connectivity index (χ0v) is 50.5. The SMILES string of the molecule is CC(C)[C@H](O)C1NC(=O)[C@H](C(C)c2c[nH]c3ccccc23)NC(=O)C(=Cc2c[nH]c3ccccc23)NC(=O)[C@@H]2[C@@H](O)CCN2C(=O)CNC(=O)[C@H](C)NC(=O)[C@H]([C@H](C)O)NC(=O)[C@@H](NC(=O)[C@H](CO)NC(=O)C[C@H](N)C(=O)O)[C@@H](C)OC(=O)[C@@H]2[C@H](O)CCN2C1=O. The number of carbonyl (C=O) groups excluding carboxylic acids is 11. The molecule has 91 heavy (non-hydrogen) atoms. The lowest BCUT2D eigenvalue weighted by Gasteiger charge is -2.35. The fourth-order valence-corrected chi connectivity index (χ4v) is 10.9. The Morgan fingerprint density at radius 3 is 1.97 bits per heavy atom. The summed E-state index contributed by atoms with van der Waals surface area (Å²) >= 11 is 0. The first-order valence-corrected chi connectivity index (χ1v) is 29.4. The molecule has 0 spiro atoms. The number of esters is 1. The standard InChI is InChI=1S/C59H77N13O19/c1-25(2)49(79)46-57(87)72-18-16-40(76)48(72)59(90)91-29(6)45(69-52(82)38(24-73)65-41(77)20-34(60)58(88)89)55(85)68-44(28(5)74)54(84)64-27(4)50(80)63-23-42(78)71-17-15-39(75)47(71)56(86)66-37(19-30-21-61-35-13-9-7-11-31(30)35)51(81)67-43(53(83)70-46)26(3)33-22-62-36-14-10-8-12-32(33)36/h7-14,19,21-22,25-29,34,38-40,43-49,61-62,73-76,79H,15-18,20,23-24,60H2,1-6H3,(H,63,80)(H,64,84)(H,65,77)(H,66,86)(H,67,81)(H,68,85)(H,69,82)(H,70,83)(H,88,89)/t26?,27-,28-,29+,34-,38-,39-,40+,43-,44-,45-,46?,47-,48-,49-/m0/s1. The van der Waals surface area contributed by atoms with Gasteiger partial charge in [0.25, 0.3) is 5.91 Å². The van der Waals surface area contributed by atoms with E-state index in [0.717, 1.165) is 30.6 Å². The van der Waals surface area contributed by atoms with Crippen LogP contribution < -0.4 is 48.3 Å². The number of carbonyl (C=O) groups is 12. The number of para-hydroxylation sites is 2. The van der Waals surface area contributed by atoms with E-state index in [2.05, 4.69) is 52.5 Å². The number of aliphatic hydroxyl groups excluding tert-OH is 5. The zero-order chi connectivity index (χ0) is 66.9. The van der Waals surface area contributed by atoms with E-state index in [4.69, 9.17) is 10.5 Å². The number of aromatic nitrogens is 2. The molecule has 32 nitrogen and oxygen atoms in total. The summed E-state index contributed by atoms with van der Waals surface area (Å²) in [5.74, 6) is -16.5. The zero-order valence-electron chi connectivity index (χ0n) is 50.5. The van der Waals surface area contributed by atoms with Crippen molar-refractivity contribution >= 4 is 98.9 Å². The first-order chi connectivity index (χ1) is 43.0. The lowest BCUT2D eigenvalue weighted by Crippen LogP contribution is -2.64. The van der Waals surface area contributed by atoms with Gasteiger partial charge in [-0.25, -0.2) is 4.79 Å². The van der Waals surface area contributed by atoms with Crippen LogP contribution in [-0.2, 0) is 62.3 Å². The minimum absolute atomic E-state index is 0.153. The molecule has 0 radical (unpaired) electrons. The van der Waals surface area contributed by atoms with Crippen LogP contribution in [0.5, 0.6) is 0 Å². The Hall–Kier alpha value is -9.34. The van der Waals surface area contributed by atoms with E-state index < -0.39 is 200 Å². The molecule has 2 aromatic heterocycles. The van der Waals surface area contributed by atoms with Gasteiger partial charge in [-0.2, -0.15) is 0 Å². The molecular weight excluding hydrogens is 1190 g/mol. The number of hydrogen-bond acceptors (Lipinski definition) is 19. The van der Waals surface area contributed by atoms with E-state index in [9.17, 15) is 73.8 Å². The van der Waals surface area contributed by atoms with Gasteiger partial charge < -0.3 is 103 Å². The van der Waals surface area contributed by atoms with Crippen LogP contribution in [0.3, 0.4) is 0 Å². The lowest BCUT2D eigenvalue weighted by molar-refractivity contribution is -0.164. The number of hydrogen-bond donors (Lipinski definition) is 17. The largest absolute Gasteiger partial charge is 0.480 e. The number of aromatic amines is 2. The Morgan fingerprint density at radius 1 is 0.736 bits per heavy atom. The minimum atomic E-state index is -2.19. The smallest absolute Gasteiger partial charge is 0.331 e. The van der Waals surface area contributed by atoms with Crippen molar-refractivity contribution in [2.45, 2.75) is 152 Å². The molecular formula is C59H77N13O19. The highest BCUT2D eigenvalue weighted by atomic mass is 16.5. The van der Waals surface area contributed by atoms with Gasteiger partial charge in [-0.3, -0.25) is 52.7 Å². The number of nitrogens with zero attached hydrogens (tertiary/aromatic N) is 2. The average molecular weight is 1270 g/mol. The number of nitrogens with two attached hydrogens (primary N) is 1. The number of H-pyrrole nitrogens is 2. The molecule has 7 rings (SSSR count). The Labute approximate surface area is 519 Å². The Morgan fingerprint density at radius 2 is 1.33 bits per heavy atom. The molecule has 3 saturated heterocycles. The van der Waals surface area contributed by atoms with E-state index in [1.807, 2.05) is 0 Å². The number of carboxylic acids is 1. The number of aliphatic carboxylic acids is 1. The predicted molar refractivity (Wildman–Crippen MR) is 319 cm³/mol. The quantitative estimate of drug-likeness (QED) is 0.0440. The van der Waals surface area contributed by atoms with Gasteiger partial charge in [-0.05, 0) is 63.3 Å². The van der Waals surface area contributed by atoms with Gasteiger partial charge in [0.05, 0.1) is 44.0 Å². The fourth-order valence-electron chi connectivity index (χ4n) is 10.9. The summed E-state index contributed by atoms with van der Waals surface area (Å²) in [6, 6.07) is -2.95. The number of ether oxygens (including phenoxy) is 1. The van der Waals surface area contributed by atoms with Crippen molar-refractivity contribution in [3.63, 3.8) is 0 Å². The van der Waals surface area contributed by atoms with E-state index in [1.165, 1.54) is 26.1 Å². The van der Waals surface area contributed by atoms with Crippen LogP contribution in [-0.4, -0.2) is 233 Å². The third-order valence-electron chi connectivity index (χ3n) is 16.2. The highest BCUT2D eigenvalue weighted by Crippen LogP contribution is 2.30. The second-order valence-corrected chi connectivity index (χ2v) is 23.1. The van der Waals surface area contributed by atoms with E-state index in [1.54, 1.807) is 61.7 Å².